The zero-order chi connectivity index (χ0) is 13.9. The van der Waals surface area contributed by atoms with E-state index in [1.54, 1.807) is 0 Å². The first-order valence-electron chi connectivity index (χ1n) is 6.69. The van der Waals surface area contributed by atoms with Crippen molar-refractivity contribution < 1.29 is 9.59 Å². The Morgan fingerprint density at radius 3 is 2.15 bits per heavy atom. The van der Waals surface area contributed by atoms with Crippen molar-refractivity contribution in [3.05, 3.63) is 71.8 Å². The molecule has 1 heterocycles. The van der Waals surface area contributed by atoms with Gasteiger partial charge in [-0.1, -0.05) is 60.7 Å². The summed E-state index contributed by atoms with van der Waals surface area (Å²) in [6.45, 7) is 0.363. The summed E-state index contributed by atoms with van der Waals surface area (Å²) in [6, 6.07) is 19.1. The van der Waals surface area contributed by atoms with Gasteiger partial charge in [0.1, 0.15) is 0 Å². The number of nitrogens with zero attached hydrogens (tertiary/aromatic N) is 1. The molecule has 0 radical (unpaired) electrons. The van der Waals surface area contributed by atoms with E-state index >= 15 is 0 Å². The Hall–Kier alpha value is -2.42. The van der Waals surface area contributed by atoms with Gasteiger partial charge in [-0.05, 0) is 11.1 Å². The van der Waals surface area contributed by atoms with E-state index < -0.39 is 0 Å². The average molecular weight is 265 g/mol. The normalized spacial score (nSPS) is 18.6. The first kappa shape index (κ1) is 12.6. The van der Waals surface area contributed by atoms with Crippen LogP contribution in [0.2, 0.25) is 0 Å². The van der Waals surface area contributed by atoms with Gasteiger partial charge in [0.25, 0.3) is 0 Å². The topological polar surface area (TPSA) is 37.4 Å². The summed E-state index contributed by atoms with van der Waals surface area (Å²) < 4.78 is 0. The molecule has 1 aliphatic heterocycles. The van der Waals surface area contributed by atoms with E-state index in [4.69, 9.17) is 0 Å². The largest absolute Gasteiger partial charge is 0.278 e. The molecule has 100 valence electrons. The molecular formula is C17H15NO2. The van der Waals surface area contributed by atoms with E-state index in [1.807, 2.05) is 60.7 Å². The van der Waals surface area contributed by atoms with Crippen LogP contribution in [0.4, 0.5) is 0 Å². The maximum Gasteiger partial charge on any atom is 0.237 e. The van der Waals surface area contributed by atoms with Gasteiger partial charge in [-0.3, -0.25) is 14.5 Å². The van der Waals surface area contributed by atoms with Gasteiger partial charge in [0.15, 0.2) is 0 Å². The first-order chi connectivity index (χ1) is 9.75. The number of rotatable bonds is 3. The molecule has 3 rings (SSSR count). The minimum absolute atomic E-state index is 0.0901. The van der Waals surface area contributed by atoms with E-state index in [2.05, 4.69) is 0 Å². The number of amides is 2. The molecule has 2 aromatic rings. The molecule has 0 bridgehead atoms. The third-order valence-corrected chi connectivity index (χ3v) is 3.63. The molecule has 0 unspecified atom stereocenters. The van der Waals surface area contributed by atoms with Crippen molar-refractivity contribution in [3.8, 4) is 0 Å². The predicted molar refractivity (Wildman–Crippen MR) is 75.8 cm³/mol. The molecule has 1 fully saturated rings. The third kappa shape index (κ3) is 2.35. The van der Waals surface area contributed by atoms with E-state index in [-0.39, 0.29) is 24.2 Å². The van der Waals surface area contributed by atoms with Gasteiger partial charge in [-0.2, -0.15) is 0 Å². The first-order valence-corrected chi connectivity index (χ1v) is 6.69. The molecule has 3 heteroatoms. The zero-order valence-electron chi connectivity index (χ0n) is 11.0. The second-order valence-corrected chi connectivity index (χ2v) is 4.97. The quantitative estimate of drug-likeness (QED) is 0.800. The van der Waals surface area contributed by atoms with Gasteiger partial charge < -0.3 is 0 Å². The highest BCUT2D eigenvalue weighted by atomic mass is 16.2. The monoisotopic (exact) mass is 265 g/mol. The van der Waals surface area contributed by atoms with Gasteiger partial charge in [-0.15, -0.1) is 0 Å². The highest BCUT2D eigenvalue weighted by molar-refractivity contribution is 6.06. The molecule has 20 heavy (non-hydrogen) atoms. The van der Waals surface area contributed by atoms with Gasteiger partial charge in [0.05, 0.1) is 12.5 Å². The number of benzene rings is 2. The van der Waals surface area contributed by atoms with Crippen LogP contribution in [0.25, 0.3) is 0 Å². The lowest BCUT2D eigenvalue weighted by atomic mass is 9.98. The van der Waals surface area contributed by atoms with E-state index in [1.165, 1.54) is 4.90 Å². The second-order valence-electron chi connectivity index (χ2n) is 4.97. The molecule has 2 aromatic carbocycles. The molecular weight excluding hydrogens is 250 g/mol. The Bertz CT molecular complexity index is 622. The van der Waals surface area contributed by atoms with Crippen LogP contribution in [0.1, 0.15) is 23.5 Å². The maximum atomic E-state index is 12.4. The van der Waals surface area contributed by atoms with Crippen molar-refractivity contribution in [2.75, 3.05) is 0 Å². The Kier molecular flexibility index (Phi) is 3.33. The van der Waals surface area contributed by atoms with Crippen LogP contribution in [0.3, 0.4) is 0 Å². The Balaban J connectivity index is 1.81. The molecule has 0 aromatic heterocycles. The van der Waals surface area contributed by atoms with Crippen LogP contribution < -0.4 is 0 Å². The van der Waals surface area contributed by atoms with E-state index in [0.29, 0.717) is 6.54 Å². The van der Waals surface area contributed by atoms with Crippen LogP contribution in [0.15, 0.2) is 60.7 Å². The lowest BCUT2D eigenvalue weighted by Crippen LogP contribution is -2.29. The second kappa shape index (κ2) is 5.29. The van der Waals surface area contributed by atoms with Crippen molar-refractivity contribution in [1.29, 1.82) is 0 Å². The van der Waals surface area contributed by atoms with E-state index in [9.17, 15) is 9.59 Å². The molecule has 3 nitrogen and oxygen atoms in total. The lowest BCUT2D eigenvalue weighted by molar-refractivity contribution is -0.139. The van der Waals surface area contributed by atoms with Crippen molar-refractivity contribution in [1.82, 2.24) is 4.90 Å². The number of hydrogen-bond acceptors (Lipinski definition) is 2. The van der Waals surface area contributed by atoms with Crippen molar-refractivity contribution in [2.45, 2.75) is 18.9 Å². The third-order valence-electron chi connectivity index (χ3n) is 3.63. The Morgan fingerprint density at radius 2 is 1.50 bits per heavy atom. The molecule has 1 atom stereocenters. The summed E-state index contributed by atoms with van der Waals surface area (Å²) >= 11 is 0. The van der Waals surface area contributed by atoms with Crippen molar-refractivity contribution in [2.24, 2.45) is 0 Å². The molecule has 1 aliphatic rings. The van der Waals surface area contributed by atoms with Crippen LogP contribution in [-0.4, -0.2) is 16.7 Å². The summed E-state index contributed by atoms with van der Waals surface area (Å²) in [7, 11) is 0. The standard InChI is InChI=1S/C17H15NO2/c19-16-11-15(14-9-5-2-6-10-14)17(20)18(16)12-13-7-3-1-4-8-13/h1-10,15H,11-12H2/t15-/m0/s1. The van der Waals surface area contributed by atoms with Gasteiger partial charge in [0.2, 0.25) is 11.8 Å². The lowest BCUT2D eigenvalue weighted by Gasteiger charge is -2.15. The van der Waals surface area contributed by atoms with Crippen molar-refractivity contribution >= 4 is 11.8 Å². The maximum absolute atomic E-state index is 12.4. The van der Waals surface area contributed by atoms with Crippen LogP contribution >= 0.6 is 0 Å². The minimum atomic E-state index is -0.326. The number of likely N-dealkylation sites (tertiary alicyclic amines) is 1. The van der Waals surface area contributed by atoms with Gasteiger partial charge in [0, 0.05) is 6.42 Å². The van der Waals surface area contributed by atoms with Gasteiger partial charge in [-0.25, -0.2) is 0 Å². The predicted octanol–water partition coefficient (Wildman–Crippen LogP) is 2.73. The van der Waals surface area contributed by atoms with Crippen LogP contribution in [0.5, 0.6) is 0 Å². The molecule has 1 saturated heterocycles. The summed E-state index contributed by atoms with van der Waals surface area (Å²) in [6.07, 6.45) is 0.273. The zero-order valence-corrected chi connectivity index (χ0v) is 11.0. The number of imide groups is 1. The van der Waals surface area contributed by atoms with E-state index in [0.717, 1.165) is 11.1 Å². The summed E-state index contributed by atoms with van der Waals surface area (Å²) in [5, 5.41) is 0. The molecule has 0 saturated carbocycles. The Morgan fingerprint density at radius 1 is 0.900 bits per heavy atom. The SMILES string of the molecule is O=C1C[C@@H](c2ccccc2)C(=O)N1Cc1ccccc1. The molecule has 0 spiro atoms. The molecule has 0 aliphatic carbocycles. The smallest absolute Gasteiger partial charge is 0.237 e. The molecule has 0 N–H and O–H groups in total. The highest BCUT2D eigenvalue weighted by Crippen LogP contribution is 2.30. The van der Waals surface area contributed by atoms with Crippen LogP contribution in [0, 0.1) is 0 Å². The fourth-order valence-electron chi connectivity index (χ4n) is 2.56. The summed E-state index contributed by atoms with van der Waals surface area (Å²) in [5.41, 5.74) is 1.89. The fourth-order valence-corrected chi connectivity index (χ4v) is 2.56. The number of carbonyl (C=O) groups is 2. The Labute approximate surface area is 117 Å². The summed E-state index contributed by atoms with van der Waals surface area (Å²) in [4.78, 5) is 25.9. The van der Waals surface area contributed by atoms with Crippen LogP contribution in [-0.2, 0) is 16.1 Å². The van der Waals surface area contributed by atoms with Crippen molar-refractivity contribution in [3.63, 3.8) is 0 Å². The minimum Gasteiger partial charge on any atom is -0.278 e. The fraction of sp³-hybridized carbons (Fsp3) is 0.176. The number of hydrogen-bond donors (Lipinski definition) is 0. The average Bonchev–Trinajstić information content (AvgIpc) is 2.77. The number of carbonyl (C=O) groups excluding carboxylic acids is 2. The summed E-state index contributed by atoms with van der Waals surface area (Å²) in [5.74, 6) is -0.509. The molecule has 2 amide bonds. The van der Waals surface area contributed by atoms with Gasteiger partial charge >= 0.3 is 0 Å². The highest BCUT2D eigenvalue weighted by Gasteiger charge is 2.39.